The van der Waals surface area contributed by atoms with Crippen LogP contribution in [0, 0.1) is 31.1 Å². The van der Waals surface area contributed by atoms with Gasteiger partial charge in [-0.05, 0) is 26.3 Å². The molecule has 7 heteroatoms. The van der Waals surface area contributed by atoms with Crippen molar-refractivity contribution in [2.75, 3.05) is 11.9 Å². The van der Waals surface area contributed by atoms with E-state index in [1.54, 1.807) is 20.8 Å². The molecule has 1 heterocycles. The van der Waals surface area contributed by atoms with Crippen LogP contribution < -0.4 is 10.6 Å². The number of carboxylic acids is 1. The number of anilines is 1. The molecule has 0 bridgehead atoms. The van der Waals surface area contributed by atoms with Gasteiger partial charge < -0.3 is 10.4 Å². The minimum atomic E-state index is -1.07. The summed E-state index contributed by atoms with van der Waals surface area (Å²) in [6.07, 6.45) is 0. The largest absolute Gasteiger partial charge is 0.478 e. The molecule has 0 saturated heterocycles. The molecule has 3 N–H and O–H groups in total. The Bertz CT molecular complexity index is 545. The second kappa shape index (κ2) is 6.20. The van der Waals surface area contributed by atoms with Crippen molar-refractivity contribution < 1.29 is 14.7 Å². The standard InChI is InChI=1S/C12H15N3O3S/c1-6(4-13)5-14-12(18)15-10-9(11(16)17)7(2)8(3)19-10/h6H,5H2,1-3H3,(H,16,17)(H2,14,15,18). The zero-order valence-corrected chi connectivity index (χ0v) is 11.7. The van der Waals surface area contributed by atoms with Crippen molar-refractivity contribution >= 4 is 28.3 Å². The van der Waals surface area contributed by atoms with E-state index in [1.807, 2.05) is 6.07 Å². The quantitative estimate of drug-likeness (QED) is 0.788. The third-order valence-electron chi connectivity index (χ3n) is 2.62. The van der Waals surface area contributed by atoms with Gasteiger partial charge in [-0.1, -0.05) is 0 Å². The zero-order chi connectivity index (χ0) is 14.6. The number of urea groups is 1. The molecule has 19 heavy (non-hydrogen) atoms. The van der Waals surface area contributed by atoms with E-state index < -0.39 is 12.0 Å². The number of hydrogen-bond donors (Lipinski definition) is 3. The zero-order valence-electron chi connectivity index (χ0n) is 10.9. The van der Waals surface area contributed by atoms with Crippen molar-refractivity contribution in [3.05, 3.63) is 16.0 Å². The van der Waals surface area contributed by atoms with Crippen LogP contribution in [0.4, 0.5) is 9.80 Å². The van der Waals surface area contributed by atoms with Gasteiger partial charge in [-0.2, -0.15) is 5.26 Å². The first-order valence-electron chi connectivity index (χ1n) is 5.64. The highest BCUT2D eigenvalue weighted by Gasteiger charge is 2.20. The maximum Gasteiger partial charge on any atom is 0.338 e. The fourth-order valence-corrected chi connectivity index (χ4v) is 2.46. The van der Waals surface area contributed by atoms with Gasteiger partial charge in [0, 0.05) is 11.4 Å². The van der Waals surface area contributed by atoms with Gasteiger partial charge in [0.1, 0.15) is 5.00 Å². The molecule has 0 aliphatic carbocycles. The number of hydrogen-bond acceptors (Lipinski definition) is 4. The number of carbonyl (C=O) groups is 2. The summed E-state index contributed by atoms with van der Waals surface area (Å²) in [5.41, 5.74) is 0.768. The number of amides is 2. The van der Waals surface area contributed by atoms with Gasteiger partial charge in [-0.25, -0.2) is 9.59 Å². The molecule has 0 aliphatic heterocycles. The fourth-order valence-electron chi connectivity index (χ4n) is 1.41. The minimum Gasteiger partial charge on any atom is -0.478 e. The van der Waals surface area contributed by atoms with Gasteiger partial charge >= 0.3 is 12.0 Å². The lowest BCUT2D eigenvalue weighted by Gasteiger charge is -2.07. The van der Waals surface area contributed by atoms with E-state index >= 15 is 0 Å². The molecule has 1 aromatic heterocycles. The normalized spacial score (nSPS) is 11.5. The third kappa shape index (κ3) is 3.69. The second-order valence-electron chi connectivity index (χ2n) is 4.16. The van der Waals surface area contributed by atoms with Gasteiger partial charge in [0.2, 0.25) is 0 Å². The van der Waals surface area contributed by atoms with Crippen molar-refractivity contribution in [1.29, 1.82) is 5.26 Å². The van der Waals surface area contributed by atoms with Gasteiger partial charge in [-0.15, -0.1) is 11.3 Å². The highest BCUT2D eigenvalue weighted by atomic mass is 32.1. The Balaban J connectivity index is 2.78. The van der Waals surface area contributed by atoms with E-state index in [4.69, 9.17) is 10.4 Å². The Morgan fingerprint density at radius 3 is 2.63 bits per heavy atom. The highest BCUT2D eigenvalue weighted by Crippen LogP contribution is 2.32. The summed E-state index contributed by atoms with van der Waals surface area (Å²) >= 11 is 1.22. The van der Waals surface area contributed by atoms with Crippen LogP contribution in [-0.2, 0) is 0 Å². The van der Waals surface area contributed by atoms with Crippen LogP contribution in [0.2, 0.25) is 0 Å². The van der Waals surface area contributed by atoms with E-state index in [9.17, 15) is 9.59 Å². The second-order valence-corrected chi connectivity index (χ2v) is 5.38. The van der Waals surface area contributed by atoms with Crippen molar-refractivity contribution in [3.63, 3.8) is 0 Å². The lowest BCUT2D eigenvalue weighted by Crippen LogP contribution is -2.32. The Hall–Kier alpha value is -2.07. The van der Waals surface area contributed by atoms with Crippen molar-refractivity contribution in [2.24, 2.45) is 5.92 Å². The summed E-state index contributed by atoms with van der Waals surface area (Å²) in [4.78, 5) is 23.6. The van der Waals surface area contributed by atoms with Crippen LogP contribution >= 0.6 is 11.3 Å². The summed E-state index contributed by atoms with van der Waals surface area (Å²) < 4.78 is 0. The van der Waals surface area contributed by atoms with Crippen molar-refractivity contribution in [1.82, 2.24) is 5.32 Å². The number of carbonyl (C=O) groups excluding carboxylic acids is 1. The predicted molar refractivity (Wildman–Crippen MR) is 72.6 cm³/mol. The number of carboxylic acid groups (broad SMARTS) is 1. The van der Waals surface area contributed by atoms with Crippen LogP contribution in [0.25, 0.3) is 0 Å². The maximum atomic E-state index is 11.6. The van der Waals surface area contributed by atoms with Crippen LogP contribution in [0.1, 0.15) is 27.7 Å². The average molecular weight is 281 g/mol. The molecule has 6 nitrogen and oxygen atoms in total. The topological polar surface area (TPSA) is 102 Å². The molecule has 102 valence electrons. The smallest absolute Gasteiger partial charge is 0.338 e. The highest BCUT2D eigenvalue weighted by molar-refractivity contribution is 7.16. The number of nitriles is 1. The molecule has 1 rings (SSSR count). The van der Waals surface area contributed by atoms with Crippen molar-refractivity contribution in [2.45, 2.75) is 20.8 Å². The molecule has 0 saturated carbocycles. The lowest BCUT2D eigenvalue weighted by atomic mass is 10.1. The van der Waals surface area contributed by atoms with Gasteiger partial charge in [0.15, 0.2) is 0 Å². The third-order valence-corrected chi connectivity index (χ3v) is 3.74. The minimum absolute atomic E-state index is 0.117. The summed E-state index contributed by atoms with van der Waals surface area (Å²) in [5, 5.41) is 23.1. The summed E-state index contributed by atoms with van der Waals surface area (Å²) in [5.74, 6) is -1.36. The van der Waals surface area contributed by atoms with Gasteiger partial charge in [0.05, 0.1) is 17.6 Å². The van der Waals surface area contributed by atoms with E-state index in [-0.39, 0.29) is 18.0 Å². The molecular weight excluding hydrogens is 266 g/mol. The first-order valence-corrected chi connectivity index (χ1v) is 6.46. The molecule has 1 atom stereocenters. The summed E-state index contributed by atoms with van der Waals surface area (Å²) in [6.45, 7) is 5.40. The summed E-state index contributed by atoms with van der Waals surface area (Å²) in [6, 6.07) is 1.48. The van der Waals surface area contributed by atoms with E-state index in [0.29, 0.717) is 10.6 Å². The van der Waals surface area contributed by atoms with Crippen LogP contribution in [0.15, 0.2) is 0 Å². The monoisotopic (exact) mass is 281 g/mol. The van der Waals surface area contributed by atoms with E-state index in [2.05, 4.69) is 10.6 Å². The van der Waals surface area contributed by atoms with Gasteiger partial charge in [-0.3, -0.25) is 5.32 Å². The number of nitrogens with one attached hydrogen (secondary N) is 2. The van der Waals surface area contributed by atoms with E-state index in [0.717, 1.165) is 4.88 Å². The van der Waals surface area contributed by atoms with Crippen LogP contribution in [0.5, 0.6) is 0 Å². The number of nitrogens with zero attached hydrogens (tertiary/aromatic N) is 1. The Morgan fingerprint density at radius 1 is 1.47 bits per heavy atom. The molecule has 0 spiro atoms. The number of thiophene rings is 1. The Morgan fingerprint density at radius 2 is 2.11 bits per heavy atom. The Labute approximate surface area is 115 Å². The lowest BCUT2D eigenvalue weighted by molar-refractivity contribution is 0.0697. The first-order chi connectivity index (χ1) is 8.86. The maximum absolute atomic E-state index is 11.6. The Kier molecular flexibility index (Phi) is 4.89. The van der Waals surface area contributed by atoms with E-state index in [1.165, 1.54) is 11.3 Å². The fraction of sp³-hybridized carbons (Fsp3) is 0.417. The molecule has 1 unspecified atom stereocenters. The first kappa shape index (κ1) is 15.0. The average Bonchev–Trinajstić information content (AvgIpc) is 2.61. The number of aryl methyl sites for hydroxylation is 1. The van der Waals surface area contributed by atoms with Crippen LogP contribution in [0.3, 0.4) is 0 Å². The predicted octanol–water partition coefficient (Wildman–Crippen LogP) is 2.34. The molecule has 0 aliphatic rings. The molecule has 1 aromatic rings. The summed E-state index contributed by atoms with van der Waals surface area (Å²) in [7, 11) is 0. The number of aromatic carboxylic acids is 1. The molecule has 0 aromatic carbocycles. The van der Waals surface area contributed by atoms with Crippen LogP contribution in [-0.4, -0.2) is 23.7 Å². The SMILES string of the molecule is Cc1sc(NC(=O)NCC(C)C#N)c(C(=O)O)c1C. The molecular formula is C12H15N3O3S. The molecule has 2 amide bonds. The molecule has 0 radical (unpaired) electrons. The van der Waals surface area contributed by atoms with Gasteiger partial charge in [0.25, 0.3) is 0 Å². The number of rotatable bonds is 4. The molecule has 0 fully saturated rings. The van der Waals surface area contributed by atoms with Crippen molar-refractivity contribution in [3.8, 4) is 6.07 Å².